The third kappa shape index (κ3) is 5.25. The van der Waals surface area contributed by atoms with Gasteiger partial charge in [-0.1, -0.05) is 206 Å². The summed E-state index contributed by atoms with van der Waals surface area (Å²) in [5.74, 6) is 0. The van der Waals surface area contributed by atoms with E-state index < -0.39 is 0 Å². The molecule has 0 aliphatic heterocycles. The molecule has 0 fully saturated rings. The second-order valence-electron chi connectivity index (χ2n) is 15.5. The zero-order valence-electron chi connectivity index (χ0n) is 32.2. The largest absolute Gasteiger partial charge is 0.455 e. The molecule has 0 radical (unpaired) electrons. The van der Waals surface area contributed by atoms with Gasteiger partial charge in [0.2, 0.25) is 0 Å². The minimum absolute atomic E-state index is 0.883. The van der Waals surface area contributed by atoms with Gasteiger partial charge in [0.1, 0.15) is 11.2 Å². The molecule has 11 aromatic carbocycles. The predicted molar refractivity (Wildman–Crippen MR) is 251 cm³/mol. The first-order valence-electron chi connectivity index (χ1n) is 20.3. The maximum absolute atomic E-state index is 7.08. The summed E-state index contributed by atoms with van der Waals surface area (Å²) >= 11 is 0. The number of rotatable bonds is 5. The molecule has 0 bridgehead atoms. The van der Waals surface area contributed by atoms with E-state index >= 15 is 0 Å². The minimum atomic E-state index is 0.883. The summed E-state index contributed by atoms with van der Waals surface area (Å²) in [5.41, 5.74) is 13.8. The number of furan rings is 1. The molecule has 0 atom stereocenters. The highest BCUT2D eigenvalue weighted by Crippen LogP contribution is 2.48. The van der Waals surface area contributed by atoms with Crippen molar-refractivity contribution in [2.24, 2.45) is 0 Å². The van der Waals surface area contributed by atoms with Gasteiger partial charge >= 0.3 is 0 Å². The Morgan fingerprint density at radius 1 is 0.220 bits per heavy atom. The van der Waals surface area contributed by atoms with Crippen LogP contribution in [0.25, 0.3) is 121 Å². The molecule has 0 saturated heterocycles. The van der Waals surface area contributed by atoms with Gasteiger partial charge in [0.05, 0.1) is 0 Å². The van der Waals surface area contributed by atoms with Crippen LogP contribution in [0, 0.1) is 0 Å². The standard InChI is InChI=1S/C58H36O/c1-3-16-37(17-4-1)38-30-32-40(33-31-38)55-43-20-7-9-22-45(43)56(46-23-10-8-21-44(46)55)41-34-35-42-51-28-15-29-52(58(51)59-53(42)36-41)57-49-26-13-11-24-47(49)54(39-18-5-2-6-19-39)48-25-12-14-27-50(48)57/h1-36H. The lowest BCUT2D eigenvalue weighted by Crippen LogP contribution is -1.91. The van der Waals surface area contributed by atoms with E-state index in [9.17, 15) is 0 Å². The fourth-order valence-electron chi connectivity index (χ4n) is 9.70. The molecular formula is C58H36O. The van der Waals surface area contributed by atoms with Crippen molar-refractivity contribution >= 4 is 65.0 Å². The van der Waals surface area contributed by atoms with Crippen LogP contribution in [0.2, 0.25) is 0 Å². The fourth-order valence-corrected chi connectivity index (χ4v) is 9.70. The van der Waals surface area contributed by atoms with Crippen LogP contribution in [0.5, 0.6) is 0 Å². The molecule has 59 heavy (non-hydrogen) atoms. The summed E-state index contributed by atoms with van der Waals surface area (Å²) in [7, 11) is 0. The van der Waals surface area contributed by atoms with Gasteiger partial charge in [-0.2, -0.15) is 0 Å². The quantitative estimate of drug-likeness (QED) is 0.160. The summed E-state index contributed by atoms with van der Waals surface area (Å²) in [5, 5.41) is 12.0. The lowest BCUT2D eigenvalue weighted by Gasteiger charge is -2.18. The number of hydrogen-bond acceptors (Lipinski definition) is 1. The van der Waals surface area contributed by atoms with Crippen LogP contribution in [-0.4, -0.2) is 0 Å². The monoisotopic (exact) mass is 748 g/mol. The molecule has 0 unspecified atom stereocenters. The lowest BCUT2D eigenvalue weighted by molar-refractivity contribution is 0.670. The van der Waals surface area contributed by atoms with E-state index in [0.717, 1.165) is 33.1 Å². The molecule has 12 aromatic rings. The Morgan fingerprint density at radius 2 is 0.576 bits per heavy atom. The molecule has 0 aliphatic carbocycles. The number of hydrogen-bond donors (Lipinski definition) is 0. The SMILES string of the molecule is c1ccc(-c2ccc(-c3c4ccccc4c(-c4ccc5c(c4)oc4c(-c6c7ccccc7c(-c7ccccc7)c7ccccc67)cccc45)c4ccccc34)cc2)cc1. The van der Waals surface area contributed by atoms with E-state index in [0.29, 0.717) is 0 Å². The highest BCUT2D eigenvalue weighted by Gasteiger charge is 2.22. The van der Waals surface area contributed by atoms with Crippen LogP contribution in [0.1, 0.15) is 0 Å². The van der Waals surface area contributed by atoms with Gasteiger partial charge in [-0.3, -0.25) is 0 Å². The van der Waals surface area contributed by atoms with Gasteiger partial charge in [0.15, 0.2) is 0 Å². The second-order valence-corrected chi connectivity index (χ2v) is 15.5. The minimum Gasteiger partial charge on any atom is -0.455 e. The number of benzene rings is 11. The van der Waals surface area contributed by atoms with Crippen LogP contribution in [0.4, 0.5) is 0 Å². The van der Waals surface area contributed by atoms with Gasteiger partial charge in [-0.15, -0.1) is 0 Å². The van der Waals surface area contributed by atoms with Crippen LogP contribution in [-0.2, 0) is 0 Å². The van der Waals surface area contributed by atoms with Crippen molar-refractivity contribution in [2.45, 2.75) is 0 Å². The van der Waals surface area contributed by atoms with Crippen molar-refractivity contribution in [3.05, 3.63) is 218 Å². The van der Waals surface area contributed by atoms with Crippen LogP contribution >= 0.6 is 0 Å². The van der Waals surface area contributed by atoms with E-state index in [1.54, 1.807) is 0 Å². The normalized spacial score (nSPS) is 11.7. The van der Waals surface area contributed by atoms with Gasteiger partial charge in [-0.05, 0) is 99.7 Å². The van der Waals surface area contributed by atoms with E-state index in [-0.39, 0.29) is 0 Å². The Hall–Kier alpha value is -7.74. The molecule has 1 aromatic heterocycles. The Balaban J connectivity index is 1.06. The first-order valence-corrected chi connectivity index (χ1v) is 20.3. The highest BCUT2D eigenvalue weighted by atomic mass is 16.3. The first-order chi connectivity index (χ1) is 29.3. The van der Waals surface area contributed by atoms with Crippen molar-refractivity contribution in [1.29, 1.82) is 0 Å². The van der Waals surface area contributed by atoms with Gasteiger partial charge in [0.25, 0.3) is 0 Å². The molecular weight excluding hydrogens is 713 g/mol. The molecule has 1 heteroatoms. The van der Waals surface area contributed by atoms with Crippen molar-refractivity contribution in [2.75, 3.05) is 0 Å². The predicted octanol–water partition coefficient (Wildman–Crippen LogP) is 16.5. The molecule has 0 aliphatic rings. The molecule has 0 spiro atoms. The average molecular weight is 749 g/mol. The maximum Gasteiger partial charge on any atom is 0.143 e. The zero-order chi connectivity index (χ0) is 38.9. The number of fused-ring (bicyclic) bond motifs is 7. The maximum atomic E-state index is 7.08. The molecule has 0 amide bonds. The molecule has 1 heterocycles. The second kappa shape index (κ2) is 13.4. The summed E-state index contributed by atoms with van der Waals surface area (Å²) in [4.78, 5) is 0. The summed E-state index contributed by atoms with van der Waals surface area (Å²) in [6.45, 7) is 0. The summed E-state index contributed by atoms with van der Waals surface area (Å²) in [6.07, 6.45) is 0. The van der Waals surface area contributed by atoms with Crippen LogP contribution < -0.4 is 0 Å². The Labute approximate surface area is 342 Å². The van der Waals surface area contributed by atoms with Crippen LogP contribution in [0.15, 0.2) is 223 Å². The van der Waals surface area contributed by atoms with Crippen molar-refractivity contribution < 1.29 is 4.42 Å². The summed E-state index contributed by atoms with van der Waals surface area (Å²) in [6, 6.07) is 79.2. The van der Waals surface area contributed by atoms with E-state index in [4.69, 9.17) is 4.42 Å². The van der Waals surface area contributed by atoms with Crippen molar-refractivity contribution in [1.82, 2.24) is 0 Å². The fraction of sp³-hybridized carbons (Fsp3) is 0. The summed E-state index contributed by atoms with van der Waals surface area (Å²) < 4.78 is 7.08. The van der Waals surface area contributed by atoms with Crippen molar-refractivity contribution in [3.8, 4) is 55.6 Å². The highest BCUT2D eigenvalue weighted by molar-refractivity contribution is 6.25. The van der Waals surface area contributed by atoms with E-state index in [1.165, 1.54) is 87.6 Å². The Bertz CT molecular complexity index is 3460. The third-order valence-electron chi connectivity index (χ3n) is 12.3. The van der Waals surface area contributed by atoms with Gasteiger partial charge in [-0.25, -0.2) is 0 Å². The van der Waals surface area contributed by atoms with Gasteiger partial charge < -0.3 is 4.42 Å². The number of para-hydroxylation sites is 1. The average Bonchev–Trinajstić information content (AvgIpc) is 3.69. The molecule has 1 nitrogen and oxygen atoms in total. The molecule has 0 saturated carbocycles. The Kier molecular flexibility index (Phi) is 7.61. The van der Waals surface area contributed by atoms with Gasteiger partial charge in [0, 0.05) is 21.9 Å². The van der Waals surface area contributed by atoms with Crippen molar-refractivity contribution in [3.63, 3.8) is 0 Å². The van der Waals surface area contributed by atoms with Crippen LogP contribution in [0.3, 0.4) is 0 Å². The Morgan fingerprint density at radius 3 is 1.08 bits per heavy atom. The molecule has 0 N–H and O–H groups in total. The molecule has 274 valence electrons. The van der Waals surface area contributed by atoms with E-state index in [1.807, 2.05) is 0 Å². The smallest absolute Gasteiger partial charge is 0.143 e. The third-order valence-corrected chi connectivity index (χ3v) is 12.3. The lowest BCUT2D eigenvalue weighted by atomic mass is 9.85. The molecule has 12 rings (SSSR count). The van der Waals surface area contributed by atoms with E-state index in [2.05, 4.69) is 218 Å². The first kappa shape index (κ1) is 33.4. The topological polar surface area (TPSA) is 13.1 Å². The zero-order valence-corrected chi connectivity index (χ0v) is 32.2.